The predicted octanol–water partition coefficient (Wildman–Crippen LogP) is 2.92. The molecule has 9 heteroatoms. The van der Waals surface area contributed by atoms with E-state index in [9.17, 15) is 22.4 Å². The van der Waals surface area contributed by atoms with Crippen molar-refractivity contribution in [3.8, 4) is 0 Å². The van der Waals surface area contributed by atoms with Crippen molar-refractivity contribution in [1.29, 1.82) is 0 Å². The molecule has 130 valence electrons. The third-order valence-corrected chi connectivity index (χ3v) is 5.40. The van der Waals surface area contributed by atoms with Gasteiger partial charge in [-0.25, -0.2) is 0 Å². The van der Waals surface area contributed by atoms with Gasteiger partial charge in [0.15, 0.2) is 4.80 Å². The Morgan fingerprint density at radius 3 is 2.43 bits per heavy atom. The van der Waals surface area contributed by atoms with Crippen LogP contribution in [-0.2, 0) is 16.1 Å². The number of rotatable bonds is 4. The molecule has 0 radical (unpaired) electrons. The minimum atomic E-state index is -4.39. The van der Waals surface area contributed by atoms with Crippen molar-refractivity contribution >= 4 is 17.2 Å². The molecule has 1 fully saturated rings. The van der Waals surface area contributed by atoms with Gasteiger partial charge >= 0.3 is 11.8 Å². The van der Waals surface area contributed by atoms with Crippen LogP contribution in [0.15, 0.2) is 4.99 Å². The molecule has 0 spiro atoms. The van der Waals surface area contributed by atoms with Crippen molar-refractivity contribution < 1.29 is 27.1 Å². The zero-order valence-corrected chi connectivity index (χ0v) is 14.1. The fourth-order valence-corrected chi connectivity index (χ4v) is 3.51. The van der Waals surface area contributed by atoms with Gasteiger partial charge in [-0.2, -0.15) is 22.6 Å². The summed E-state index contributed by atoms with van der Waals surface area (Å²) in [5.41, 5.74) is -1.64. The van der Waals surface area contributed by atoms with E-state index in [-0.39, 0.29) is 4.80 Å². The average Bonchev–Trinajstić information content (AvgIpc) is 2.70. The number of amides is 1. The Hall–Kier alpha value is -1.22. The van der Waals surface area contributed by atoms with Crippen LogP contribution in [0.5, 0.6) is 0 Å². The van der Waals surface area contributed by atoms with Gasteiger partial charge in [0.25, 0.3) is 5.91 Å². The Labute approximate surface area is 134 Å². The molecule has 1 heterocycles. The number of hydrogen-bond donors (Lipinski definition) is 0. The molecule has 0 bridgehead atoms. The summed E-state index contributed by atoms with van der Waals surface area (Å²) in [7, 11) is 1.51. The lowest BCUT2D eigenvalue weighted by Crippen LogP contribution is -2.68. The van der Waals surface area contributed by atoms with Crippen LogP contribution in [0.3, 0.4) is 0 Å². The Morgan fingerprint density at radius 2 is 1.96 bits per heavy atom. The molecule has 4 nitrogen and oxygen atoms in total. The number of halogens is 4. The first kappa shape index (κ1) is 18.1. The summed E-state index contributed by atoms with van der Waals surface area (Å²) < 4.78 is 60.1. The second-order valence-corrected chi connectivity index (χ2v) is 7.06. The third-order valence-electron chi connectivity index (χ3n) is 4.31. The normalized spacial score (nSPS) is 26.2. The summed E-state index contributed by atoms with van der Waals surface area (Å²) in [6.45, 7) is 5.19. The van der Waals surface area contributed by atoms with Gasteiger partial charge in [-0.15, -0.1) is 11.3 Å². The lowest BCUT2D eigenvalue weighted by atomic mass is 9.63. The summed E-state index contributed by atoms with van der Waals surface area (Å²) in [4.78, 5) is 17.0. The number of nitrogens with zero attached hydrogens (tertiary/aromatic N) is 2. The average molecular weight is 354 g/mol. The first-order chi connectivity index (χ1) is 10.5. The maximum Gasteiger partial charge on any atom is 0.324 e. The van der Waals surface area contributed by atoms with Gasteiger partial charge in [0, 0.05) is 30.6 Å². The minimum absolute atomic E-state index is 0.217. The molecule has 0 aromatic carbocycles. The van der Waals surface area contributed by atoms with E-state index in [1.807, 2.05) is 0 Å². The summed E-state index contributed by atoms with van der Waals surface area (Å²) in [5, 5.41) is 0. The highest BCUT2D eigenvalue weighted by Crippen LogP contribution is 2.63. The van der Waals surface area contributed by atoms with Crippen molar-refractivity contribution in [3.63, 3.8) is 0 Å². The summed E-state index contributed by atoms with van der Waals surface area (Å²) >= 11 is 1.16. The Bertz CT molecular complexity index is 695. The molecule has 1 aromatic rings. The number of carbonyl (C=O) groups excluding carboxylic acids is 1. The molecule has 2 rings (SSSR count). The highest BCUT2D eigenvalue weighted by Gasteiger charge is 2.81. The number of thiazole rings is 1. The first-order valence-electron chi connectivity index (χ1n) is 6.98. The highest BCUT2D eigenvalue weighted by atomic mass is 32.1. The van der Waals surface area contributed by atoms with E-state index in [0.29, 0.717) is 13.2 Å². The van der Waals surface area contributed by atoms with Crippen molar-refractivity contribution in [2.24, 2.45) is 10.4 Å². The number of aryl methyl sites for hydroxylation is 1. The van der Waals surface area contributed by atoms with Crippen LogP contribution in [0.1, 0.15) is 23.9 Å². The van der Waals surface area contributed by atoms with Gasteiger partial charge in [0.05, 0.1) is 6.61 Å². The summed E-state index contributed by atoms with van der Waals surface area (Å²) in [6.07, 6.45) is -1.20. The highest BCUT2D eigenvalue weighted by molar-refractivity contribution is 7.09. The van der Waals surface area contributed by atoms with E-state index in [1.165, 1.54) is 7.11 Å². The fraction of sp³-hybridized carbons (Fsp3) is 0.714. The molecular weight excluding hydrogens is 336 g/mol. The van der Waals surface area contributed by atoms with E-state index < -0.39 is 29.6 Å². The minimum Gasteiger partial charge on any atom is -0.383 e. The molecule has 1 saturated carbocycles. The second-order valence-electron chi connectivity index (χ2n) is 5.88. The Morgan fingerprint density at radius 1 is 1.35 bits per heavy atom. The molecule has 1 aliphatic rings. The van der Waals surface area contributed by atoms with Crippen molar-refractivity contribution in [2.45, 2.75) is 45.6 Å². The Balaban J connectivity index is 2.40. The number of ether oxygens (including phenoxy) is 1. The van der Waals surface area contributed by atoms with Gasteiger partial charge in [-0.3, -0.25) is 4.79 Å². The summed E-state index contributed by atoms with van der Waals surface area (Å²) in [6, 6.07) is 0. The molecule has 0 aliphatic heterocycles. The lowest BCUT2D eigenvalue weighted by molar-refractivity contribution is -0.339. The number of carbonyl (C=O) groups is 1. The van der Waals surface area contributed by atoms with Crippen molar-refractivity contribution in [3.05, 3.63) is 15.4 Å². The van der Waals surface area contributed by atoms with Gasteiger partial charge in [-0.1, -0.05) is 0 Å². The number of methoxy groups -OCH3 is 1. The van der Waals surface area contributed by atoms with Gasteiger partial charge < -0.3 is 9.30 Å². The Kier molecular flexibility index (Phi) is 4.49. The SMILES string of the molecule is COCCn1c(C)c(C)s/c1=N\C(=O)C1(C)CC(F)(F)C1(F)F. The second kappa shape index (κ2) is 5.70. The van der Waals surface area contributed by atoms with E-state index >= 15 is 0 Å². The topological polar surface area (TPSA) is 43.6 Å². The van der Waals surface area contributed by atoms with Crippen LogP contribution >= 0.6 is 11.3 Å². The summed E-state index contributed by atoms with van der Waals surface area (Å²) in [5.74, 6) is -9.78. The van der Waals surface area contributed by atoms with Crippen molar-refractivity contribution in [1.82, 2.24) is 4.57 Å². The standard InChI is InChI=1S/C14H18F4N2O2S/c1-8-9(2)23-11(20(8)5-6-22-4)19-10(21)12(3)7-13(15,16)14(12,17)18/h5-7H2,1-4H3/b19-11-. The third kappa shape index (κ3) is 2.63. The zero-order chi connectivity index (χ0) is 17.6. The smallest absolute Gasteiger partial charge is 0.324 e. The molecule has 1 unspecified atom stereocenters. The van der Waals surface area contributed by atoms with Crippen LogP contribution in [0.2, 0.25) is 0 Å². The molecular formula is C14H18F4N2O2S. The number of alkyl halides is 4. The van der Waals surface area contributed by atoms with E-state index in [1.54, 1.807) is 18.4 Å². The van der Waals surface area contributed by atoms with E-state index in [2.05, 4.69) is 4.99 Å². The van der Waals surface area contributed by atoms with Gasteiger partial charge in [0.1, 0.15) is 5.41 Å². The molecule has 23 heavy (non-hydrogen) atoms. The predicted molar refractivity (Wildman–Crippen MR) is 76.8 cm³/mol. The monoisotopic (exact) mass is 354 g/mol. The van der Waals surface area contributed by atoms with E-state index in [4.69, 9.17) is 4.74 Å². The van der Waals surface area contributed by atoms with Gasteiger partial charge in [-0.05, 0) is 20.8 Å². The molecule has 0 N–H and O–H groups in total. The quantitative estimate of drug-likeness (QED) is 0.781. The maximum absolute atomic E-state index is 13.7. The fourth-order valence-electron chi connectivity index (χ4n) is 2.51. The number of hydrogen-bond acceptors (Lipinski definition) is 3. The molecule has 0 saturated heterocycles. The largest absolute Gasteiger partial charge is 0.383 e. The molecule has 1 aliphatic carbocycles. The zero-order valence-electron chi connectivity index (χ0n) is 13.3. The van der Waals surface area contributed by atoms with Gasteiger partial charge in [0.2, 0.25) is 0 Å². The van der Waals surface area contributed by atoms with E-state index in [0.717, 1.165) is 28.8 Å². The molecule has 1 amide bonds. The molecule has 1 aromatic heterocycles. The first-order valence-corrected chi connectivity index (χ1v) is 7.80. The molecule has 1 atom stereocenters. The van der Waals surface area contributed by atoms with Crippen LogP contribution in [0.25, 0.3) is 0 Å². The lowest BCUT2D eigenvalue weighted by Gasteiger charge is -2.49. The number of aromatic nitrogens is 1. The van der Waals surface area contributed by atoms with Crippen LogP contribution in [-0.4, -0.2) is 36.0 Å². The van der Waals surface area contributed by atoms with Crippen LogP contribution in [0.4, 0.5) is 17.6 Å². The maximum atomic E-state index is 13.7. The van der Waals surface area contributed by atoms with Crippen LogP contribution < -0.4 is 4.80 Å². The van der Waals surface area contributed by atoms with Crippen molar-refractivity contribution in [2.75, 3.05) is 13.7 Å². The van der Waals surface area contributed by atoms with Crippen LogP contribution in [0, 0.1) is 19.3 Å².